The maximum absolute atomic E-state index is 12.5. The van der Waals surface area contributed by atoms with Gasteiger partial charge in [0.2, 0.25) is 0 Å². The third-order valence-electron chi connectivity index (χ3n) is 3.80. The van der Waals surface area contributed by atoms with Crippen LogP contribution in [-0.4, -0.2) is 40.3 Å². The van der Waals surface area contributed by atoms with Crippen LogP contribution in [0.5, 0.6) is 0 Å². The van der Waals surface area contributed by atoms with E-state index in [1.165, 1.54) is 0 Å². The largest absolute Gasteiger partial charge is 0.480 e. The number of carbonyl (C=O) groups excluding carboxylic acids is 1. The van der Waals surface area contributed by atoms with Gasteiger partial charge in [0.15, 0.2) is 0 Å². The zero-order chi connectivity index (χ0) is 15.5. The summed E-state index contributed by atoms with van der Waals surface area (Å²) in [6.45, 7) is 1.86. The molecule has 1 aliphatic rings. The van der Waals surface area contributed by atoms with Crippen LogP contribution >= 0.6 is 23.5 Å². The third kappa shape index (κ3) is 3.55. The van der Waals surface area contributed by atoms with Crippen LogP contribution in [0.15, 0.2) is 23.1 Å². The predicted molar refractivity (Wildman–Crippen MR) is 87.4 cm³/mol. The van der Waals surface area contributed by atoms with E-state index in [0.29, 0.717) is 18.4 Å². The molecule has 1 aliphatic heterocycles. The number of hydrogen-bond acceptors (Lipinski definition) is 4. The van der Waals surface area contributed by atoms with Crippen LogP contribution in [0.1, 0.15) is 28.8 Å². The molecule has 2 rings (SSSR count). The Labute approximate surface area is 133 Å². The lowest BCUT2D eigenvalue weighted by Crippen LogP contribution is -2.56. The number of rotatable bonds is 4. The van der Waals surface area contributed by atoms with Crippen LogP contribution in [0, 0.1) is 6.92 Å². The van der Waals surface area contributed by atoms with E-state index in [1.54, 1.807) is 23.5 Å². The maximum atomic E-state index is 12.5. The number of carbonyl (C=O) groups is 2. The van der Waals surface area contributed by atoms with Crippen molar-refractivity contribution in [3.63, 3.8) is 0 Å². The van der Waals surface area contributed by atoms with E-state index >= 15 is 0 Å². The minimum absolute atomic E-state index is 0.294. The summed E-state index contributed by atoms with van der Waals surface area (Å²) in [7, 11) is 0. The summed E-state index contributed by atoms with van der Waals surface area (Å²) >= 11 is 3.29. The maximum Gasteiger partial charge on any atom is 0.329 e. The van der Waals surface area contributed by atoms with Crippen molar-refractivity contribution in [1.29, 1.82) is 0 Å². The number of aryl methyl sites for hydroxylation is 1. The Morgan fingerprint density at radius 2 is 2.00 bits per heavy atom. The monoisotopic (exact) mass is 325 g/mol. The average molecular weight is 325 g/mol. The first kappa shape index (κ1) is 16.2. The van der Waals surface area contributed by atoms with Crippen molar-refractivity contribution in [2.75, 3.05) is 17.8 Å². The van der Waals surface area contributed by atoms with Gasteiger partial charge in [0, 0.05) is 10.5 Å². The molecule has 0 saturated carbocycles. The molecule has 0 unspecified atom stereocenters. The van der Waals surface area contributed by atoms with Gasteiger partial charge in [-0.1, -0.05) is 6.07 Å². The summed E-state index contributed by atoms with van der Waals surface area (Å²) in [6.07, 6.45) is 2.89. The van der Waals surface area contributed by atoms with E-state index in [-0.39, 0.29) is 5.91 Å². The molecule has 1 heterocycles. The van der Waals surface area contributed by atoms with Gasteiger partial charge in [-0.2, -0.15) is 11.8 Å². The zero-order valence-corrected chi connectivity index (χ0v) is 13.8. The van der Waals surface area contributed by atoms with Gasteiger partial charge in [-0.3, -0.25) is 4.79 Å². The second-order valence-corrected chi connectivity index (χ2v) is 7.24. The summed E-state index contributed by atoms with van der Waals surface area (Å²) in [6, 6.07) is 5.67. The summed E-state index contributed by atoms with van der Waals surface area (Å²) in [5.74, 6) is 0.292. The van der Waals surface area contributed by atoms with Crippen LogP contribution in [-0.2, 0) is 4.79 Å². The smallest absolute Gasteiger partial charge is 0.329 e. The van der Waals surface area contributed by atoms with Crippen LogP contribution < -0.4 is 5.32 Å². The normalized spacial score (nSPS) is 17.2. The lowest BCUT2D eigenvalue weighted by molar-refractivity contribution is -0.144. The standard InChI is InChI=1S/C15H19NO3S2/c1-10-3-4-11(20-2)9-12(10)13(17)16-15(14(18)19)5-7-21-8-6-15/h3-4,9H,5-8H2,1-2H3,(H,16,17)(H,18,19). The zero-order valence-electron chi connectivity index (χ0n) is 12.1. The van der Waals surface area contributed by atoms with Gasteiger partial charge in [0.25, 0.3) is 5.91 Å². The highest BCUT2D eigenvalue weighted by Gasteiger charge is 2.41. The van der Waals surface area contributed by atoms with Gasteiger partial charge in [-0.25, -0.2) is 4.79 Å². The minimum Gasteiger partial charge on any atom is -0.480 e. The molecule has 1 saturated heterocycles. The van der Waals surface area contributed by atoms with Crippen molar-refractivity contribution in [1.82, 2.24) is 5.32 Å². The molecule has 1 aromatic rings. The van der Waals surface area contributed by atoms with Gasteiger partial charge in [-0.05, 0) is 55.2 Å². The first-order chi connectivity index (χ1) is 9.98. The highest BCUT2D eigenvalue weighted by molar-refractivity contribution is 7.99. The number of carboxylic acids is 1. The Morgan fingerprint density at radius 3 is 2.57 bits per heavy atom. The second-order valence-electron chi connectivity index (χ2n) is 5.13. The molecule has 0 spiro atoms. The molecule has 1 aromatic carbocycles. The number of aliphatic carboxylic acids is 1. The van der Waals surface area contributed by atoms with Crippen molar-refractivity contribution in [2.45, 2.75) is 30.2 Å². The first-order valence-electron chi connectivity index (χ1n) is 6.77. The van der Waals surface area contributed by atoms with Gasteiger partial charge in [-0.15, -0.1) is 11.8 Å². The number of amides is 1. The molecule has 2 N–H and O–H groups in total. The average Bonchev–Trinajstić information content (AvgIpc) is 2.48. The highest BCUT2D eigenvalue weighted by atomic mass is 32.2. The molecule has 114 valence electrons. The Balaban J connectivity index is 2.25. The first-order valence-corrected chi connectivity index (χ1v) is 9.15. The van der Waals surface area contributed by atoms with Crippen molar-refractivity contribution in [2.24, 2.45) is 0 Å². The number of nitrogens with one attached hydrogen (secondary N) is 1. The fourth-order valence-electron chi connectivity index (χ4n) is 2.37. The molecule has 4 nitrogen and oxygen atoms in total. The molecule has 1 fully saturated rings. The fraction of sp³-hybridized carbons (Fsp3) is 0.467. The predicted octanol–water partition coefficient (Wildman–Crippen LogP) is 2.80. The van der Waals surface area contributed by atoms with Crippen molar-refractivity contribution in [3.8, 4) is 0 Å². The highest BCUT2D eigenvalue weighted by Crippen LogP contribution is 2.28. The lowest BCUT2D eigenvalue weighted by Gasteiger charge is -2.33. The SMILES string of the molecule is CSc1ccc(C)c(C(=O)NC2(C(=O)O)CCSCC2)c1. The number of benzene rings is 1. The van der Waals surface area contributed by atoms with E-state index in [4.69, 9.17) is 0 Å². The molecule has 0 aliphatic carbocycles. The Kier molecular flexibility index (Phi) is 5.22. The minimum atomic E-state index is -1.12. The van der Waals surface area contributed by atoms with E-state index in [1.807, 2.05) is 31.4 Å². The molecular formula is C15H19NO3S2. The van der Waals surface area contributed by atoms with Crippen LogP contribution in [0.4, 0.5) is 0 Å². The van der Waals surface area contributed by atoms with E-state index in [2.05, 4.69) is 5.32 Å². The number of carboxylic acid groups (broad SMARTS) is 1. The summed E-state index contributed by atoms with van der Waals surface area (Å²) in [4.78, 5) is 25.1. The Morgan fingerprint density at radius 1 is 1.33 bits per heavy atom. The molecular weight excluding hydrogens is 306 g/mol. The number of hydrogen-bond donors (Lipinski definition) is 2. The van der Waals surface area contributed by atoms with Gasteiger partial charge < -0.3 is 10.4 Å². The van der Waals surface area contributed by atoms with Gasteiger partial charge in [0.05, 0.1) is 0 Å². The Bertz CT molecular complexity index is 554. The summed E-state index contributed by atoms with van der Waals surface area (Å²) in [5, 5.41) is 12.3. The van der Waals surface area contributed by atoms with E-state index in [9.17, 15) is 14.7 Å². The van der Waals surface area contributed by atoms with Crippen molar-refractivity contribution >= 4 is 35.4 Å². The fourth-order valence-corrected chi connectivity index (χ4v) is 4.00. The topological polar surface area (TPSA) is 66.4 Å². The van der Waals surface area contributed by atoms with Crippen LogP contribution in [0.3, 0.4) is 0 Å². The molecule has 0 bridgehead atoms. The van der Waals surface area contributed by atoms with Gasteiger partial charge >= 0.3 is 5.97 Å². The lowest BCUT2D eigenvalue weighted by atomic mass is 9.91. The van der Waals surface area contributed by atoms with E-state index < -0.39 is 11.5 Å². The summed E-state index contributed by atoms with van der Waals surface area (Å²) < 4.78 is 0. The molecule has 0 atom stereocenters. The van der Waals surface area contributed by atoms with Crippen molar-refractivity contribution in [3.05, 3.63) is 29.3 Å². The number of thioether (sulfide) groups is 2. The van der Waals surface area contributed by atoms with Gasteiger partial charge in [0.1, 0.15) is 5.54 Å². The van der Waals surface area contributed by atoms with Crippen LogP contribution in [0.2, 0.25) is 0 Å². The third-order valence-corrected chi connectivity index (χ3v) is 5.51. The molecule has 21 heavy (non-hydrogen) atoms. The molecule has 0 aromatic heterocycles. The molecule has 1 amide bonds. The van der Waals surface area contributed by atoms with Crippen LogP contribution in [0.25, 0.3) is 0 Å². The molecule has 6 heteroatoms. The van der Waals surface area contributed by atoms with Crippen molar-refractivity contribution < 1.29 is 14.7 Å². The summed E-state index contributed by atoms with van der Waals surface area (Å²) in [5.41, 5.74) is 0.293. The second kappa shape index (κ2) is 6.75. The quantitative estimate of drug-likeness (QED) is 0.833. The molecule has 0 radical (unpaired) electrons. The Hall–Kier alpha value is -1.14. The van der Waals surface area contributed by atoms with E-state index in [0.717, 1.165) is 22.0 Å².